The number of hydrogen-bond acceptors (Lipinski definition) is 3. The summed E-state index contributed by atoms with van der Waals surface area (Å²) in [5, 5.41) is 4.03. The normalized spacial score (nSPS) is 13.2. The first-order chi connectivity index (χ1) is 6.13. The molecule has 0 spiro atoms. The minimum absolute atomic E-state index is 0.288. The molecule has 4 heteroatoms. The lowest BCUT2D eigenvalue weighted by molar-refractivity contribution is 0.0471. The van der Waals surface area contributed by atoms with E-state index in [-0.39, 0.29) is 6.10 Å². The van der Waals surface area contributed by atoms with Crippen molar-refractivity contribution in [3.63, 3.8) is 0 Å². The van der Waals surface area contributed by atoms with Gasteiger partial charge in [-0.15, -0.1) is 0 Å². The van der Waals surface area contributed by atoms with Gasteiger partial charge in [-0.2, -0.15) is 5.10 Å². The van der Waals surface area contributed by atoms with Crippen molar-refractivity contribution in [1.29, 1.82) is 0 Å². The largest absolute Gasteiger partial charge is 0.382 e. The number of hydrogen-bond donors (Lipinski definition) is 1. The summed E-state index contributed by atoms with van der Waals surface area (Å²) >= 11 is 0. The molecule has 0 bridgehead atoms. The van der Waals surface area contributed by atoms with Crippen LogP contribution in [0, 0.1) is 0 Å². The van der Waals surface area contributed by atoms with Gasteiger partial charge in [-0.25, -0.2) is 0 Å². The molecule has 0 aromatic carbocycles. The van der Waals surface area contributed by atoms with Gasteiger partial charge in [0, 0.05) is 13.1 Å². The molecule has 0 aliphatic rings. The molecule has 1 unspecified atom stereocenters. The SMILES string of the molecule is CCC(C)OCc1cc(N)nn1C. The zero-order valence-corrected chi connectivity index (χ0v) is 8.45. The first-order valence-electron chi connectivity index (χ1n) is 4.53. The van der Waals surface area contributed by atoms with Gasteiger partial charge in [0.25, 0.3) is 0 Å². The topological polar surface area (TPSA) is 53.1 Å². The second-order valence-corrected chi connectivity index (χ2v) is 3.21. The quantitative estimate of drug-likeness (QED) is 0.765. The van der Waals surface area contributed by atoms with Crippen LogP contribution in [0.5, 0.6) is 0 Å². The Morgan fingerprint density at radius 2 is 2.38 bits per heavy atom. The van der Waals surface area contributed by atoms with Crippen LogP contribution in [0.15, 0.2) is 6.07 Å². The van der Waals surface area contributed by atoms with Crippen LogP contribution in [-0.2, 0) is 18.4 Å². The van der Waals surface area contributed by atoms with Gasteiger partial charge < -0.3 is 10.5 Å². The fourth-order valence-electron chi connectivity index (χ4n) is 1.01. The summed E-state index contributed by atoms with van der Waals surface area (Å²) in [7, 11) is 1.87. The number of anilines is 1. The van der Waals surface area contributed by atoms with E-state index in [1.165, 1.54) is 0 Å². The van der Waals surface area contributed by atoms with E-state index in [0.29, 0.717) is 12.4 Å². The van der Waals surface area contributed by atoms with Crippen molar-refractivity contribution in [1.82, 2.24) is 9.78 Å². The predicted octanol–water partition coefficient (Wildman–Crippen LogP) is 1.32. The molecule has 0 saturated carbocycles. The molecule has 1 atom stereocenters. The Labute approximate surface area is 78.7 Å². The molecule has 0 amide bonds. The van der Waals surface area contributed by atoms with E-state index < -0.39 is 0 Å². The van der Waals surface area contributed by atoms with Crippen molar-refractivity contribution in [2.75, 3.05) is 5.73 Å². The minimum atomic E-state index is 0.288. The zero-order chi connectivity index (χ0) is 9.84. The average molecular weight is 183 g/mol. The molecule has 13 heavy (non-hydrogen) atoms. The number of nitrogens with zero attached hydrogens (tertiary/aromatic N) is 2. The molecular weight excluding hydrogens is 166 g/mol. The lowest BCUT2D eigenvalue weighted by Crippen LogP contribution is -2.08. The number of nitrogens with two attached hydrogens (primary N) is 1. The molecule has 1 rings (SSSR count). The van der Waals surface area contributed by atoms with E-state index in [9.17, 15) is 0 Å². The Bertz CT molecular complexity index is 270. The third-order valence-corrected chi connectivity index (χ3v) is 2.09. The molecular formula is C9H17N3O. The van der Waals surface area contributed by atoms with Gasteiger partial charge in [0.05, 0.1) is 18.4 Å². The van der Waals surface area contributed by atoms with Crippen LogP contribution >= 0.6 is 0 Å². The van der Waals surface area contributed by atoms with Crippen LogP contribution in [0.4, 0.5) is 5.82 Å². The van der Waals surface area contributed by atoms with Crippen LogP contribution in [0.25, 0.3) is 0 Å². The maximum absolute atomic E-state index is 5.55. The Morgan fingerprint density at radius 3 is 2.85 bits per heavy atom. The molecule has 0 radical (unpaired) electrons. The maximum atomic E-state index is 5.55. The lowest BCUT2D eigenvalue weighted by atomic mass is 10.3. The van der Waals surface area contributed by atoms with E-state index in [4.69, 9.17) is 10.5 Å². The van der Waals surface area contributed by atoms with E-state index in [0.717, 1.165) is 12.1 Å². The summed E-state index contributed by atoms with van der Waals surface area (Å²) in [5.74, 6) is 0.547. The summed E-state index contributed by atoms with van der Waals surface area (Å²) in [6.07, 6.45) is 1.31. The van der Waals surface area contributed by atoms with Crippen molar-refractivity contribution < 1.29 is 4.74 Å². The van der Waals surface area contributed by atoms with Crippen molar-refractivity contribution >= 4 is 5.82 Å². The Hall–Kier alpha value is -1.03. The highest BCUT2D eigenvalue weighted by Gasteiger charge is 2.04. The monoisotopic (exact) mass is 183 g/mol. The van der Waals surface area contributed by atoms with Crippen molar-refractivity contribution in [2.45, 2.75) is 33.0 Å². The lowest BCUT2D eigenvalue weighted by Gasteiger charge is -2.09. The standard InChI is InChI=1S/C9H17N3O/c1-4-7(2)13-6-8-5-9(10)11-12(8)3/h5,7H,4,6H2,1-3H3,(H2,10,11). The van der Waals surface area contributed by atoms with Gasteiger partial charge >= 0.3 is 0 Å². The van der Waals surface area contributed by atoms with Crippen LogP contribution in [0.3, 0.4) is 0 Å². The highest BCUT2D eigenvalue weighted by molar-refractivity contribution is 5.28. The van der Waals surface area contributed by atoms with Crippen molar-refractivity contribution in [2.24, 2.45) is 7.05 Å². The van der Waals surface area contributed by atoms with E-state index in [1.54, 1.807) is 4.68 Å². The summed E-state index contributed by atoms with van der Waals surface area (Å²) in [6, 6.07) is 1.84. The molecule has 0 saturated heterocycles. The van der Waals surface area contributed by atoms with Gasteiger partial charge in [-0.05, 0) is 13.3 Å². The Morgan fingerprint density at radius 1 is 1.69 bits per heavy atom. The van der Waals surface area contributed by atoms with Crippen LogP contribution < -0.4 is 5.73 Å². The third-order valence-electron chi connectivity index (χ3n) is 2.09. The smallest absolute Gasteiger partial charge is 0.145 e. The minimum Gasteiger partial charge on any atom is -0.382 e. The molecule has 1 aromatic rings. The molecule has 0 fully saturated rings. The molecule has 2 N–H and O–H groups in total. The van der Waals surface area contributed by atoms with Crippen LogP contribution in [-0.4, -0.2) is 15.9 Å². The van der Waals surface area contributed by atoms with E-state index in [2.05, 4.69) is 18.9 Å². The van der Waals surface area contributed by atoms with Gasteiger partial charge in [-0.1, -0.05) is 6.92 Å². The number of aromatic nitrogens is 2. The van der Waals surface area contributed by atoms with E-state index >= 15 is 0 Å². The van der Waals surface area contributed by atoms with Crippen LogP contribution in [0.1, 0.15) is 26.0 Å². The number of ether oxygens (including phenoxy) is 1. The van der Waals surface area contributed by atoms with Crippen molar-refractivity contribution in [3.8, 4) is 0 Å². The number of rotatable bonds is 4. The van der Waals surface area contributed by atoms with Gasteiger partial charge in [0.15, 0.2) is 0 Å². The van der Waals surface area contributed by atoms with Gasteiger partial charge in [-0.3, -0.25) is 4.68 Å². The predicted molar refractivity (Wildman–Crippen MR) is 52.2 cm³/mol. The molecule has 1 aromatic heterocycles. The summed E-state index contributed by atoms with van der Waals surface area (Å²) in [4.78, 5) is 0. The third kappa shape index (κ3) is 2.73. The molecule has 74 valence electrons. The number of aryl methyl sites for hydroxylation is 1. The van der Waals surface area contributed by atoms with Crippen molar-refractivity contribution in [3.05, 3.63) is 11.8 Å². The van der Waals surface area contributed by atoms with Gasteiger partial charge in [0.2, 0.25) is 0 Å². The second kappa shape index (κ2) is 4.28. The maximum Gasteiger partial charge on any atom is 0.145 e. The van der Waals surface area contributed by atoms with E-state index in [1.807, 2.05) is 13.1 Å². The first kappa shape index (κ1) is 10.1. The summed E-state index contributed by atoms with van der Waals surface area (Å²) in [5.41, 5.74) is 6.54. The highest BCUT2D eigenvalue weighted by atomic mass is 16.5. The molecule has 0 aliphatic heterocycles. The van der Waals surface area contributed by atoms with Gasteiger partial charge in [0.1, 0.15) is 5.82 Å². The molecule has 4 nitrogen and oxygen atoms in total. The first-order valence-corrected chi connectivity index (χ1v) is 4.53. The fourth-order valence-corrected chi connectivity index (χ4v) is 1.01. The molecule has 0 aliphatic carbocycles. The molecule has 1 heterocycles. The average Bonchev–Trinajstić information content (AvgIpc) is 2.41. The Kier molecular flexibility index (Phi) is 3.31. The van der Waals surface area contributed by atoms with Crippen LogP contribution in [0.2, 0.25) is 0 Å². The fraction of sp³-hybridized carbons (Fsp3) is 0.667. The summed E-state index contributed by atoms with van der Waals surface area (Å²) < 4.78 is 7.30. The highest BCUT2D eigenvalue weighted by Crippen LogP contribution is 2.07. The zero-order valence-electron chi connectivity index (χ0n) is 8.45. The second-order valence-electron chi connectivity index (χ2n) is 3.21. The Balaban J connectivity index is 2.49. The number of nitrogen functional groups attached to an aromatic ring is 1. The summed E-state index contributed by atoms with van der Waals surface area (Å²) in [6.45, 7) is 4.73.